The summed E-state index contributed by atoms with van der Waals surface area (Å²) in [6.45, 7) is 9.39. The van der Waals surface area contributed by atoms with Gasteiger partial charge in [-0.3, -0.25) is 9.69 Å². The van der Waals surface area contributed by atoms with Gasteiger partial charge in [0.15, 0.2) is 0 Å². The minimum absolute atomic E-state index is 0.0109. The second-order valence-corrected chi connectivity index (χ2v) is 12.0. The normalized spacial score (nSPS) is 38.2. The molecule has 0 aromatic rings. The molecule has 4 heteroatoms. The Morgan fingerprint density at radius 1 is 1.42 bits per heavy atom. The number of nitrogens with zero attached hydrogens (tertiary/aromatic N) is 1. The molecule has 0 radical (unpaired) electrons. The SMILES string of the molecule is C[Si](C)(C)C#C[C@@H]1[C@@H]2CCCN2C[C@@]12CCOC2=O. The van der Waals surface area contributed by atoms with Crippen LogP contribution in [0.15, 0.2) is 0 Å². The molecule has 3 rings (SSSR count). The van der Waals surface area contributed by atoms with Gasteiger partial charge in [0.25, 0.3) is 0 Å². The van der Waals surface area contributed by atoms with Crippen molar-refractivity contribution in [1.29, 1.82) is 0 Å². The molecule has 3 aliphatic rings. The highest BCUT2D eigenvalue weighted by Gasteiger charge is 2.60. The average Bonchev–Trinajstić information content (AvgIpc) is 2.93. The van der Waals surface area contributed by atoms with Crippen LogP contribution in [0.2, 0.25) is 19.6 Å². The quantitative estimate of drug-likeness (QED) is 0.385. The molecule has 0 unspecified atom stereocenters. The van der Waals surface area contributed by atoms with E-state index >= 15 is 0 Å². The summed E-state index contributed by atoms with van der Waals surface area (Å²) in [5, 5.41) is 0. The molecule has 0 aromatic carbocycles. The van der Waals surface area contributed by atoms with E-state index in [0.29, 0.717) is 12.6 Å². The van der Waals surface area contributed by atoms with Gasteiger partial charge in [-0.05, 0) is 19.4 Å². The maximum absolute atomic E-state index is 12.3. The van der Waals surface area contributed by atoms with Crippen LogP contribution in [0.3, 0.4) is 0 Å². The molecule has 0 N–H and O–H groups in total. The molecule has 104 valence electrons. The van der Waals surface area contributed by atoms with E-state index in [1.807, 2.05) is 0 Å². The van der Waals surface area contributed by atoms with Crippen LogP contribution in [-0.2, 0) is 9.53 Å². The minimum atomic E-state index is -1.39. The van der Waals surface area contributed by atoms with Crippen LogP contribution in [0.4, 0.5) is 0 Å². The van der Waals surface area contributed by atoms with E-state index in [4.69, 9.17) is 4.74 Å². The molecule has 0 aromatic heterocycles. The first-order valence-electron chi connectivity index (χ1n) is 7.36. The third-order valence-corrected chi connectivity index (χ3v) is 5.56. The molecular weight excluding hydrogens is 254 g/mol. The summed E-state index contributed by atoms with van der Waals surface area (Å²) in [4.78, 5) is 14.7. The zero-order valence-corrected chi connectivity index (χ0v) is 13.2. The zero-order valence-electron chi connectivity index (χ0n) is 12.2. The van der Waals surface area contributed by atoms with Gasteiger partial charge in [-0.25, -0.2) is 0 Å². The predicted octanol–water partition coefficient (Wildman–Crippen LogP) is 1.89. The number of esters is 1. The van der Waals surface area contributed by atoms with E-state index in [1.165, 1.54) is 12.8 Å². The van der Waals surface area contributed by atoms with Crippen LogP contribution < -0.4 is 0 Å². The van der Waals surface area contributed by atoms with Gasteiger partial charge in [-0.1, -0.05) is 19.6 Å². The van der Waals surface area contributed by atoms with Crippen LogP contribution in [0.25, 0.3) is 0 Å². The first kappa shape index (κ1) is 13.2. The molecule has 3 fully saturated rings. The van der Waals surface area contributed by atoms with Crippen molar-refractivity contribution in [3.8, 4) is 11.5 Å². The number of ether oxygens (including phenoxy) is 1. The third-order valence-electron chi connectivity index (χ3n) is 4.67. The Morgan fingerprint density at radius 3 is 2.84 bits per heavy atom. The fourth-order valence-electron chi connectivity index (χ4n) is 3.78. The molecule has 19 heavy (non-hydrogen) atoms. The van der Waals surface area contributed by atoms with Gasteiger partial charge in [0, 0.05) is 19.0 Å². The molecule has 0 saturated carbocycles. The molecule has 3 saturated heterocycles. The van der Waals surface area contributed by atoms with Crippen molar-refractivity contribution < 1.29 is 9.53 Å². The van der Waals surface area contributed by atoms with Crippen molar-refractivity contribution in [2.45, 2.75) is 44.9 Å². The van der Waals surface area contributed by atoms with Crippen molar-refractivity contribution in [2.75, 3.05) is 19.7 Å². The topological polar surface area (TPSA) is 29.5 Å². The van der Waals surface area contributed by atoms with Crippen molar-refractivity contribution in [3.05, 3.63) is 0 Å². The Balaban J connectivity index is 1.95. The number of rotatable bonds is 0. The Morgan fingerprint density at radius 2 is 2.21 bits per heavy atom. The highest BCUT2D eigenvalue weighted by molar-refractivity contribution is 6.83. The van der Waals surface area contributed by atoms with Gasteiger partial charge < -0.3 is 4.74 Å². The third kappa shape index (κ3) is 2.13. The molecule has 3 nitrogen and oxygen atoms in total. The lowest BCUT2D eigenvalue weighted by molar-refractivity contribution is -0.146. The molecule has 3 aliphatic heterocycles. The number of carbonyl (C=O) groups excluding carboxylic acids is 1. The Kier molecular flexibility index (Phi) is 3.03. The Hall–Kier alpha value is -0.793. The van der Waals surface area contributed by atoms with E-state index in [2.05, 4.69) is 36.0 Å². The number of hydrogen-bond donors (Lipinski definition) is 0. The highest BCUT2D eigenvalue weighted by Crippen LogP contribution is 2.49. The number of cyclic esters (lactones) is 1. The van der Waals surface area contributed by atoms with Crippen LogP contribution >= 0.6 is 0 Å². The standard InChI is InChI=1S/C15H23NO2Si/c1-19(2,3)10-6-12-13-5-4-8-16(13)11-15(12)7-9-18-14(15)17/h12-13H,4-5,7-9,11H2,1-3H3/t12-,13+,15+/m1/s1. The maximum Gasteiger partial charge on any atom is 0.314 e. The van der Waals surface area contributed by atoms with Crippen molar-refractivity contribution in [3.63, 3.8) is 0 Å². The lowest BCUT2D eigenvalue weighted by Crippen LogP contribution is -2.36. The largest absolute Gasteiger partial charge is 0.465 e. The van der Waals surface area contributed by atoms with E-state index < -0.39 is 8.07 Å². The molecule has 0 amide bonds. The van der Waals surface area contributed by atoms with Crippen LogP contribution in [0.5, 0.6) is 0 Å². The molecule has 0 bridgehead atoms. The summed E-state index contributed by atoms with van der Waals surface area (Å²) in [6, 6.07) is 0.495. The monoisotopic (exact) mass is 277 g/mol. The summed E-state index contributed by atoms with van der Waals surface area (Å²) >= 11 is 0. The summed E-state index contributed by atoms with van der Waals surface area (Å²) in [6.07, 6.45) is 3.31. The maximum atomic E-state index is 12.3. The van der Waals surface area contributed by atoms with E-state index in [9.17, 15) is 4.79 Å². The van der Waals surface area contributed by atoms with Crippen molar-refractivity contribution >= 4 is 14.0 Å². The summed E-state index contributed by atoms with van der Waals surface area (Å²) < 4.78 is 5.30. The number of carbonyl (C=O) groups is 1. The van der Waals surface area contributed by atoms with Gasteiger partial charge in [0.1, 0.15) is 8.07 Å². The smallest absolute Gasteiger partial charge is 0.314 e. The minimum Gasteiger partial charge on any atom is -0.465 e. The zero-order chi connectivity index (χ0) is 13.7. The number of fused-ring (bicyclic) bond motifs is 1. The highest BCUT2D eigenvalue weighted by atomic mass is 28.3. The van der Waals surface area contributed by atoms with Crippen LogP contribution in [0.1, 0.15) is 19.3 Å². The Labute approximate surface area is 116 Å². The second kappa shape index (κ2) is 4.36. The van der Waals surface area contributed by atoms with Gasteiger partial charge in [-0.15, -0.1) is 11.5 Å². The molecule has 0 aliphatic carbocycles. The van der Waals surface area contributed by atoms with Gasteiger partial charge in [0.2, 0.25) is 0 Å². The van der Waals surface area contributed by atoms with Crippen LogP contribution in [-0.4, -0.2) is 44.7 Å². The van der Waals surface area contributed by atoms with E-state index in [0.717, 1.165) is 19.5 Å². The first-order chi connectivity index (χ1) is 8.92. The molecule has 1 spiro atoms. The van der Waals surface area contributed by atoms with Crippen molar-refractivity contribution in [2.24, 2.45) is 11.3 Å². The fraction of sp³-hybridized carbons (Fsp3) is 0.800. The second-order valence-electron chi connectivity index (χ2n) is 7.22. The fourth-order valence-corrected chi connectivity index (χ4v) is 4.37. The lowest BCUT2D eigenvalue weighted by Gasteiger charge is -2.24. The summed E-state index contributed by atoms with van der Waals surface area (Å²) in [5.74, 6) is 3.74. The Bertz CT molecular complexity index is 459. The van der Waals surface area contributed by atoms with E-state index in [-0.39, 0.29) is 17.3 Å². The lowest BCUT2D eigenvalue weighted by atomic mass is 9.74. The number of hydrogen-bond acceptors (Lipinski definition) is 3. The van der Waals surface area contributed by atoms with Crippen molar-refractivity contribution in [1.82, 2.24) is 4.90 Å². The summed E-state index contributed by atoms with van der Waals surface area (Å²) in [7, 11) is -1.39. The van der Waals surface area contributed by atoms with Gasteiger partial charge >= 0.3 is 5.97 Å². The van der Waals surface area contributed by atoms with E-state index in [1.54, 1.807) is 0 Å². The molecule has 3 heterocycles. The summed E-state index contributed by atoms with van der Waals surface area (Å²) in [5.41, 5.74) is 3.19. The first-order valence-corrected chi connectivity index (χ1v) is 10.9. The molecular formula is C15H23NO2Si. The predicted molar refractivity (Wildman–Crippen MR) is 77.2 cm³/mol. The van der Waals surface area contributed by atoms with Gasteiger partial charge in [-0.2, -0.15) is 0 Å². The average molecular weight is 277 g/mol. The van der Waals surface area contributed by atoms with Crippen LogP contribution in [0, 0.1) is 22.8 Å². The van der Waals surface area contributed by atoms with Gasteiger partial charge in [0.05, 0.1) is 17.9 Å². The molecule has 3 atom stereocenters.